The molecule has 6 heteroatoms. The van der Waals surface area contributed by atoms with E-state index < -0.39 is 5.91 Å². The van der Waals surface area contributed by atoms with Crippen molar-refractivity contribution in [1.29, 1.82) is 0 Å². The Morgan fingerprint density at radius 2 is 1.64 bits per heavy atom. The van der Waals surface area contributed by atoms with Gasteiger partial charge in [-0.2, -0.15) is 5.10 Å². The van der Waals surface area contributed by atoms with E-state index in [4.69, 9.17) is 5.73 Å². The molecule has 0 bridgehead atoms. The third kappa shape index (κ3) is 3.28. The van der Waals surface area contributed by atoms with Crippen molar-refractivity contribution in [3.05, 3.63) is 77.1 Å². The molecule has 0 saturated heterocycles. The van der Waals surface area contributed by atoms with E-state index in [-0.39, 0.29) is 5.91 Å². The van der Waals surface area contributed by atoms with Crippen LogP contribution >= 0.6 is 0 Å². The molecule has 2 amide bonds. The van der Waals surface area contributed by atoms with Crippen molar-refractivity contribution in [2.24, 2.45) is 5.73 Å². The van der Waals surface area contributed by atoms with Gasteiger partial charge in [-0.15, -0.1) is 0 Å². The van der Waals surface area contributed by atoms with Crippen LogP contribution in [0.5, 0.6) is 0 Å². The van der Waals surface area contributed by atoms with Crippen LogP contribution in [0.25, 0.3) is 5.69 Å². The van der Waals surface area contributed by atoms with Gasteiger partial charge in [-0.3, -0.25) is 9.59 Å². The van der Waals surface area contributed by atoms with Crippen LogP contribution in [0.1, 0.15) is 32.1 Å². The summed E-state index contributed by atoms with van der Waals surface area (Å²) in [6.45, 7) is 3.66. The maximum Gasteiger partial charge on any atom is 0.259 e. The first-order chi connectivity index (χ1) is 12.0. The molecule has 0 saturated carbocycles. The topological polar surface area (TPSA) is 90.0 Å². The highest BCUT2D eigenvalue weighted by Crippen LogP contribution is 2.19. The lowest BCUT2D eigenvalue weighted by Crippen LogP contribution is -2.15. The fourth-order valence-corrected chi connectivity index (χ4v) is 2.70. The molecule has 25 heavy (non-hydrogen) atoms. The number of nitrogens with one attached hydrogen (secondary N) is 1. The first kappa shape index (κ1) is 16.4. The van der Waals surface area contributed by atoms with Crippen LogP contribution in [0.4, 0.5) is 5.69 Å². The van der Waals surface area contributed by atoms with Crippen molar-refractivity contribution >= 4 is 17.5 Å². The van der Waals surface area contributed by atoms with Crippen LogP contribution in [-0.4, -0.2) is 21.6 Å². The van der Waals surface area contributed by atoms with Gasteiger partial charge in [-0.05, 0) is 50.2 Å². The van der Waals surface area contributed by atoms with Crippen molar-refractivity contribution in [3.8, 4) is 5.69 Å². The average molecular weight is 334 g/mol. The minimum atomic E-state index is -0.506. The molecule has 1 heterocycles. The lowest BCUT2D eigenvalue weighted by Gasteiger charge is -2.07. The number of benzene rings is 2. The summed E-state index contributed by atoms with van der Waals surface area (Å²) >= 11 is 0. The summed E-state index contributed by atoms with van der Waals surface area (Å²) in [6.07, 6.45) is 0. The van der Waals surface area contributed by atoms with Gasteiger partial charge in [-0.1, -0.05) is 18.2 Å². The predicted octanol–water partition coefficient (Wildman–Crippen LogP) is 2.84. The number of primary amides is 1. The monoisotopic (exact) mass is 334 g/mol. The third-order valence-electron chi connectivity index (χ3n) is 3.95. The summed E-state index contributed by atoms with van der Waals surface area (Å²) in [5, 5.41) is 7.30. The number of nitrogens with two attached hydrogens (primary N) is 1. The first-order valence-electron chi connectivity index (χ1n) is 7.80. The van der Waals surface area contributed by atoms with Gasteiger partial charge < -0.3 is 11.1 Å². The normalized spacial score (nSPS) is 10.5. The fourth-order valence-electron chi connectivity index (χ4n) is 2.70. The number of hydrogen-bond acceptors (Lipinski definition) is 3. The average Bonchev–Trinajstić information content (AvgIpc) is 2.90. The molecule has 0 unspecified atom stereocenters. The number of carbonyl (C=O) groups excluding carboxylic acids is 2. The predicted molar refractivity (Wildman–Crippen MR) is 96.0 cm³/mol. The lowest BCUT2D eigenvalue weighted by molar-refractivity contribution is 0.0998. The van der Waals surface area contributed by atoms with E-state index in [1.807, 2.05) is 37.3 Å². The van der Waals surface area contributed by atoms with E-state index in [0.29, 0.717) is 22.5 Å². The molecule has 1 aromatic heterocycles. The summed E-state index contributed by atoms with van der Waals surface area (Å²) in [6, 6.07) is 16.1. The Kier molecular flexibility index (Phi) is 4.35. The Morgan fingerprint density at radius 1 is 1.00 bits per heavy atom. The number of para-hydroxylation sites is 1. The van der Waals surface area contributed by atoms with Gasteiger partial charge in [0.25, 0.3) is 5.91 Å². The Bertz CT molecular complexity index is 928. The highest BCUT2D eigenvalue weighted by atomic mass is 16.2. The lowest BCUT2D eigenvalue weighted by atomic mass is 10.1. The maximum atomic E-state index is 12.7. The number of aromatic nitrogens is 2. The van der Waals surface area contributed by atoms with Crippen LogP contribution in [0.3, 0.4) is 0 Å². The van der Waals surface area contributed by atoms with E-state index in [1.165, 1.54) is 0 Å². The van der Waals surface area contributed by atoms with Crippen LogP contribution in [0.2, 0.25) is 0 Å². The number of aryl methyl sites for hydroxylation is 1. The zero-order chi connectivity index (χ0) is 18.0. The minimum absolute atomic E-state index is 0.246. The molecule has 3 N–H and O–H groups in total. The Labute approximate surface area is 145 Å². The van der Waals surface area contributed by atoms with Crippen LogP contribution in [0, 0.1) is 13.8 Å². The van der Waals surface area contributed by atoms with Gasteiger partial charge in [-0.25, -0.2) is 4.68 Å². The van der Waals surface area contributed by atoms with E-state index in [9.17, 15) is 9.59 Å². The molecule has 2 aromatic carbocycles. The number of hydrogen-bond donors (Lipinski definition) is 2. The molecule has 3 aromatic rings. The maximum absolute atomic E-state index is 12.7. The molecule has 0 radical (unpaired) electrons. The van der Waals surface area contributed by atoms with Crippen LogP contribution < -0.4 is 11.1 Å². The quantitative estimate of drug-likeness (QED) is 0.769. The standard InChI is InChI=1S/C19H18N4O2/c1-12-17(13(2)23(22-12)16-6-4-3-5-7-16)19(25)21-15-10-8-14(9-11-15)18(20)24/h3-11H,1-2H3,(H2,20,24)(H,21,25). The van der Waals surface area contributed by atoms with E-state index >= 15 is 0 Å². The molecule has 0 aliphatic carbocycles. The smallest absolute Gasteiger partial charge is 0.259 e. The molecule has 0 spiro atoms. The Morgan fingerprint density at radius 3 is 2.24 bits per heavy atom. The van der Waals surface area contributed by atoms with Crippen LogP contribution in [-0.2, 0) is 0 Å². The molecule has 0 atom stereocenters. The van der Waals surface area contributed by atoms with Gasteiger partial charge in [0.05, 0.1) is 22.6 Å². The number of carbonyl (C=O) groups is 2. The molecule has 0 fully saturated rings. The van der Waals surface area contributed by atoms with Crippen LogP contribution in [0.15, 0.2) is 54.6 Å². The zero-order valence-electron chi connectivity index (χ0n) is 14.0. The van der Waals surface area contributed by atoms with Gasteiger partial charge in [0.15, 0.2) is 0 Å². The summed E-state index contributed by atoms with van der Waals surface area (Å²) < 4.78 is 1.75. The molecule has 6 nitrogen and oxygen atoms in total. The summed E-state index contributed by atoms with van der Waals surface area (Å²) in [4.78, 5) is 23.8. The second-order valence-electron chi connectivity index (χ2n) is 5.69. The third-order valence-corrected chi connectivity index (χ3v) is 3.95. The van der Waals surface area contributed by atoms with E-state index in [0.717, 1.165) is 11.4 Å². The Balaban J connectivity index is 1.88. The molecule has 3 rings (SSSR count). The van der Waals surface area contributed by atoms with Crippen molar-refractivity contribution in [3.63, 3.8) is 0 Å². The second-order valence-corrected chi connectivity index (χ2v) is 5.69. The van der Waals surface area contributed by atoms with Gasteiger partial charge in [0.2, 0.25) is 5.91 Å². The zero-order valence-corrected chi connectivity index (χ0v) is 14.0. The second kappa shape index (κ2) is 6.60. The van der Waals surface area contributed by atoms with E-state index in [2.05, 4.69) is 10.4 Å². The Hall–Kier alpha value is -3.41. The first-order valence-corrected chi connectivity index (χ1v) is 7.80. The number of nitrogens with zero attached hydrogens (tertiary/aromatic N) is 2. The molecule has 0 aliphatic heterocycles. The van der Waals surface area contributed by atoms with Gasteiger partial charge in [0, 0.05) is 11.3 Å². The molecule has 0 aliphatic rings. The molecule has 126 valence electrons. The van der Waals surface area contributed by atoms with Crippen molar-refractivity contribution < 1.29 is 9.59 Å². The summed E-state index contributed by atoms with van der Waals surface area (Å²) in [5.74, 6) is -0.752. The SMILES string of the molecule is Cc1nn(-c2ccccc2)c(C)c1C(=O)Nc1ccc(C(N)=O)cc1. The number of anilines is 1. The highest BCUT2D eigenvalue weighted by molar-refractivity contribution is 6.06. The minimum Gasteiger partial charge on any atom is -0.366 e. The summed E-state index contributed by atoms with van der Waals surface area (Å²) in [5.41, 5.74) is 9.02. The van der Waals surface area contributed by atoms with Crippen molar-refractivity contribution in [2.75, 3.05) is 5.32 Å². The molecular weight excluding hydrogens is 316 g/mol. The van der Waals surface area contributed by atoms with Crippen molar-refractivity contribution in [2.45, 2.75) is 13.8 Å². The highest BCUT2D eigenvalue weighted by Gasteiger charge is 2.19. The van der Waals surface area contributed by atoms with E-state index in [1.54, 1.807) is 35.9 Å². The van der Waals surface area contributed by atoms with Gasteiger partial charge >= 0.3 is 0 Å². The summed E-state index contributed by atoms with van der Waals surface area (Å²) in [7, 11) is 0. The van der Waals surface area contributed by atoms with Gasteiger partial charge in [0.1, 0.15) is 0 Å². The fraction of sp³-hybridized carbons (Fsp3) is 0.105. The number of rotatable bonds is 4. The molecular formula is C19H18N4O2. The largest absolute Gasteiger partial charge is 0.366 e. The van der Waals surface area contributed by atoms with Crippen molar-refractivity contribution in [1.82, 2.24) is 9.78 Å². The number of amides is 2.